The van der Waals surface area contributed by atoms with Gasteiger partial charge in [0.05, 0.1) is 11.5 Å². The molecule has 1 aromatic heterocycles. The molecule has 2 unspecified atom stereocenters. The summed E-state index contributed by atoms with van der Waals surface area (Å²) in [7, 11) is 0.555. The van der Waals surface area contributed by atoms with Gasteiger partial charge in [0.1, 0.15) is 0 Å². The van der Waals surface area contributed by atoms with Crippen LogP contribution in [-0.4, -0.2) is 52.7 Å². The molecule has 5 rings (SSSR count). The number of rotatable bonds is 2. The fourth-order valence-electron chi connectivity index (χ4n) is 3.76. The number of aromatic nitrogens is 1. The van der Waals surface area contributed by atoms with Crippen molar-refractivity contribution in [2.75, 3.05) is 26.2 Å². The molecule has 2 N–H and O–H groups in total. The molecular formula is C20H21N4OP. The molecule has 3 aliphatic heterocycles. The van der Waals surface area contributed by atoms with E-state index in [9.17, 15) is 4.79 Å². The highest BCUT2D eigenvalue weighted by Gasteiger charge is 2.29. The van der Waals surface area contributed by atoms with Crippen LogP contribution in [0.1, 0.15) is 5.56 Å². The third kappa shape index (κ3) is 2.77. The number of benzene rings is 1. The van der Waals surface area contributed by atoms with Crippen LogP contribution in [0.4, 0.5) is 0 Å². The van der Waals surface area contributed by atoms with E-state index >= 15 is 0 Å². The second-order valence-corrected chi connectivity index (χ2v) is 8.24. The fraction of sp³-hybridized carbons (Fsp3) is 0.250. The molecule has 0 radical (unpaired) electrons. The van der Waals surface area contributed by atoms with Crippen molar-refractivity contribution in [2.24, 2.45) is 0 Å². The van der Waals surface area contributed by atoms with Crippen LogP contribution in [0.5, 0.6) is 0 Å². The maximum atomic E-state index is 12.8. The smallest absolute Gasteiger partial charge is 0.252 e. The first-order valence-corrected chi connectivity index (χ1v) is 10.1. The van der Waals surface area contributed by atoms with Gasteiger partial charge < -0.3 is 20.1 Å². The molecule has 2 aromatic rings. The normalized spacial score (nSPS) is 24.0. The zero-order valence-electron chi connectivity index (χ0n) is 14.4. The number of amides is 1. The molecule has 6 heteroatoms. The Morgan fingerprint density at radius 2 is 2.04 bits per heavy atom. The van der Waals surface area contributed by atoms with Gasteiger partial charge in [0.25, 0.3) is 5.91 Å². The Bertz CT molecular complexity index is 952. The zero-order valence-corrected chi connectivity index (χ0v) is 15.4. The van der Waals surface area contributed by atoms with E-state index in [2.05, 4.69) is 51.6 Å². The second-order valence-electron chi connectivity index (χ2n) is 6.82. The zero-order chi connectivity index (χ0) is 17.5. The minimum Gasteiger partial charge on any atom is -0.368 e. The molecule has 0 bridgehead atoms. The summed E-state index contributed by atoms with van der Waals surface area (Å²) in [5, 5.41) is 5.70. The van der Waals surface area contributed by atoms with E-state index in [0.717, 1.165) is 48.3 Å². The number of carbonyl (C=O) groups is 1. The van der Waals surface area contributed by atoms with Gasteiger partial charge in [-0.15, -0.1) is 0 Å². The van der Waals surface area contributed by atoms with Gasteiger partial charge in [-0.1, -0.05) is 26.8 Å². The molecule has 3 aliphatic rings. The van der Waals surface area contributed by atoms with Gasteiger partial charge in [0.2, 0.25) is 0 Å². The van der Waals surface area contributed by atoms with Crippen molar-refractivity contribution in [3.63, 3.8) is 0 Å². The minimum absolute atomic E-state index is 0.0762. The summed E-state index contributed by atoms with van der Waals surface area (Å²) in [6.45, 7) is 3.97. The van der Waals surface area contributed by atoms with Crippen LogP contribution in [0, 0.1) is 0 Å². The summed E-state index contributed by atoms with van der Waals surface area (Å²) in [5.41, 5.74) is 3.39. The van der Waals surface area contributed by atoms with Crippen LogP contribution in [0.15, 0.2) is 60.6 Å². The summed E-state index contributed by atoms with van der Waals surface area (Å²) >= 11 is 0. The Balaban J connectivity index is 1.42. The number of aromatic amines is 1. The van der Waals surface area contributed by atoms with Crippen LogP contribution < -0.4 is 5.32 Å². The molecule has 5 nitrogen and oxygen atoms in total. The summed E-state index contributed by atoms with van der Waals surface area (Å²) in [6.07, 6.45) is 10.2. The molecule has 1 amide bonds. The minimum atomic E-state index is 0.0762. The Kier molecular flexibility index (Phi) is 3.92. The average molecular weight is 364 g/mol. The van der Waals surface area contributed by atoms with Gasteiger partial charge in [0, 0.05) is 50.2 Å². The lowest BCUT2D eigenvalue weighted by Crippen LogP contribution is -2.44. The lowest BCUT2D eigenvalue weighted by molar-refractivity contribution is -0.123. The van der Waals surface area contributed by atoms with Crippen LogP contribution in [0.3, 0.4) is 0 Å². The van der Waals surface area contributed by atoms with Crippen molar-refractivity contribution >= 4 is 30.7 Å². The first-order valence-electron chi connectivity index (χ1n) is 9.02. The standard InChI is InChI=1S/C20H21N4OP/c25-19-12-18(15-2-1-14-5-6-22-17(14)11-15)26-20-4-3-16(13-24(19)20)23-9-7-21-8-10-23/h1-6,11-13,20-22,26H,7-10H2. The van der Waals surface area contributed by atoms with Crippen molar-refractivity contribution in [3.8, 4) is 0 Å². The van der Waals surface area contributed by atoms with Gasteiger partial charge in [-0.3, -0.25) is 4.79 Å². The number of carbonyl (C=O) groups excluding carboxylic acids is 1. The maximum absolute atomic E-state index is 12.8. The van der Waals surface area contributed by atoms with Crippen molar-refractivity contribution in [2.45, 2.75) is 5.78 Å². The summed E-state index contributed by atoms with van der Waals surface area (Å²) < 4.78 is 0. The molecule has 1 aromatic carbocycles. The predicted octanol–water partition coefficient (Wildman–Crippen LogP) is 2.67. The number of H-pyrrole nitrogens is 1. The van der Waals surface area contributed by atoms with Crippen molar-refractivity contribution in [1.29, 1.82) is 0 Å². The lowest BCUT2D eigenvalue weighted by atomic mass is 10.1. The van der Waals surface area contributed by atoms with Gasteiger partial charge in [-0.2, -0.15) is 0 Å². The number of allylic oxidation sites excluding steroid dienone is 1. The number of piperazine rings is 1. The molecule has 1 saturated heterocycles. The van der Waals surface area contributed by atoms with Crippen molar-refractivity contribution < 1.29 is 4.79 Å². The summed E-state index contributed by atoms with van der Waals surface area (Å²) in [4.78, 5) is 20.3. The SMILES string of the molecule is O=C1C=C(c2ccc3cc[nH]c3c2)PC2C=CC(N3CCNCC3)=CN12. The first kappa shape index (κ1) is 15.9. The average Bonchev–Trinajstić information content (AvgIpc) is 3.16. The van der Waals surface area contributed by atoms with Gasteiger partial charge in [0.15, 0.2) is 0 Å². The molecular weight excluding hydrogens is 343 g/mol. The number of nitrogens with zero attached hydrogens (tertiary/aromatic N) is 2. The van der Waals surface area contributed by atoms with Gasteiger partial charge >= 0.3 is 0 Å². The van der Waals surface area contributed by atoms with E-state index < -0.39 is 0 Å². The molecule has 2 atom stereocenters. The molecule has 4 heterocycles. The van der Waals surface area contributed by atoms with E-state index in [-0.39, 0.29) is 11.7 Å². The fourth-order valence-corrected chi connectivity index (χ4v) is 5.14. The Morgan fingerprint density at radius 1 is 1.15 bits per heavy atom. The molecule has 132 valence electrons. The van der Waals surface area contributed by atoms with E-state index in [4.69, 9.17) is 0 Å². The van der Waals surface area contributed by atoms with E-state index in [1.165, 1.54) is 5.39 Å². The van der Waals surface area contributed by atoms with Crippen LogP contribution >= 0.6 is 8.58 Å². The quantitative estimate of drug-likeness (QED) is 0.806. The van der Waals surface area contributed by atoms with Gasteiger partial charge in [-0.05, 0) is 34.5 Å². The topological polar surface area (TPSA) is 51.4 Å². The highest BCUT2D eigenvalue weighted by molar-refractivity contribution is 7.51. The Hall–Kier alpha value is -2.36. The maximum Gasteiger partial charge on any atom is 0.252 e. The highest BCUT2D eigenvalue weighted by Crippen LogP contribution is 2.45. The summed E-state index contributed by atoms with van der Waals surface area (Å²) in [6, 6.07) is 8.44. The van der Waals surface area contributed by atoms with Crippen LogP contribution in [-0.2, 0) is 4.79 Å². The predicted molar refractivity (Wildman–Crippen MR) is 107 cm³/mol. The molecule has 0 spiro atoms. The van der Waals surface area contributed by atoms with Crippen molar-refractivity contribution in [3.05, 3.63) is 66.2 Å². The molecule has 1 fully saturated rings. The molecule has 0 saturated carbocycles. The Labute approximate surface area is 154 Å². The van der Waals surface area contributed by atoms with Gasteiger partial charge in [-0.25, -0.2) is 0 Å². The third-order valence-corrected chi connectivity index (χ3v) is 6.70. The van der Waals surface area contributed by atoms with Crippen LogP contribution in [0.2, 0.25) is 0 Å². The second kappa shape index (κ2) is 6.42. The number of fused-ring (bicyclic) bond motifs is 2. The van der Waals surface area contributed by atoms with E-state index in [0.29, 0.717) is 8.58 Å². The third-order valence-electron chi connectivity index (χ3n) is 5.19. The summed E-state index contributed by atoms with van der Waals surface area (Å²) in [5.74, 6) is 0.209. The first-order chi connectivity index (χ1) is 12.8. The van der Waals surface area contributed by atoms with Crippen LogP contribution in [0.25, 0.3) is 16.2 Å². The van der Waals surface area contributed by atoms with Crippen molar-refractivity contribution in [1.82, 2.24) is 20.1 Å². The van der Waals surface area contributed by atoms with E-state index in [1.807, 2.05) is 23.4 Å². The lowest BCUT2D eigenvalue weighted by Gasteiger charge is -2.37. The largest absolute Gasteiger partial charge is 0.368 e. The molecule has 26 heavy (non-hydrogen) atoms. The monoisotopic (exact) mass is 364 g/mol. The molecule has 0 aliphatic carbocycles. The highest BCUT2D eigenvalue weighted by atomic mass is 31.1. The van der Waals surface area contributed by atoms with E-state index in [1.54, 1.807) is 0 Å². The number of nitrogens with one attached hydrogen (secondary N) is 2. The number of hydrogen-bond acceptors (Lipinski definition) is 3. The number of hydrogen-bond donors (Lipinski definition) is 2. The Morgan fingerprint density at radius 3 is 2.92 bits per heavy atom.